The molecule has 0 radical (unpaired) electrons. The molecule has 4 heteroatoms. The zero-order valence-corrected chi connectivity index (χ0v) is 47.7. The van der Waals surface area contributed by atoms with Crippen LogP contribution in [0, 0.1) is 83.1 Å². The van der Waals surface area contributed by atoms with Gasteiger partial charge in [0.05, 0.1) is 0 Å². The van der Waals surface area contributed by atoms with Gasteiger partial charge in [0, 0.05) is 0 Å². The molecule has 2 saturated heterocycles. The van der Waals surface area contributed by atoms with E-state index in [2.05, 4.69) is 241 Å². The van der Waals surface area contributed by atoms with E-state index in [0.717, 1.165) is 0 Å². The van der Waals surface area contributed by atoms with Crippen molar-refractivity contribution in [3.05, 3.63) is 247 Å². The predicted octanol–water partition coefficient (Wildman–Crippen LogP) is 12.7. The van der Waals surface area contributed by atoms with Gasteiger partial charge in [-0.2, -0.15) is 0 Å². The van der Waals surface area contributed by atoms with Gasteiger partial charge in [-0.25, -0.2) is 0 Å². The zero-order valence-electron chi connectivity index (χ0n) is 43.5. The molecule has 2 aliphatic heterocycles. The van der Waals surface area contributed by atoms with Crippen molar-refractivity contribution in [1.29, 1.82) is 0 Å². The fraction of sp³-hybridized carbons (Fsp3) is 0.254. The van der Waals surface area contributed by atoms with Gasteiger partial charge >= 0.3 is 431 Å². The Balaban J connectivity index is 1.18. The Kier molecular flexibility index (Phi) is 9.61. The van der Waals surface area contributed by atoms with Crippen LogP contribution in [0.25, 0.3) is 22.3 Å². The van der Waals surface area contributed by atoms with Gasteiger partial charge in [0.1, 0.15) is 0 Å². The number of rotatable bonds is 4. The summed E-state index contributed by atoms with van der Waals surface area (Å²) in [5.41, 5.74) is 25.4. The maximum atomic E-state index is 8.86. The monoisotopic (exact) mass is 1050 g/mol. The maximum absolute atomic E-state index is 8.86. The first kappa shape index (κ1) is 45.4. The van der Waals surface area contributed by atoms with Crippen molar-refractivity contribution in [3.8, 4) is 22.3 Å². The fourth-order valence-corrected chi connectivity index (χ4v) is 44.7. The molecule has 13 rings (SSSR count). The summed E-state index contributed by atoms with van der Waals surface area (Å²) in [6.45, 7) is 28.0. The summed E-state index contributed by atoms with van der Waals surface area (Å²) in [5, 5.41) is 0. The number of fused-ring (bicyclic) bond motifs is 12. The molecule has 0 N–H and O–H groups in total. The van der Waals surface area contributed by atoms with Crippen molar-refractivity contribution >= 4 is 44.8 Å². The third-order valence-corrected chi connectivity index (χ3v) is 42.0. The third kappa shape index (κ3) is 5.23. The average molecular weight is 1050 g/mol. The average Bonchev–Trinajstić information content (AvgIpc) is 3.99. The van der Waals surface area contributed by atoms with Crippen molar-refractivity contribution in [2.45, 2.75) is 109 Å². The van der Waals surface area contributed by atoms with E-state index in [1.54, 1.807) is 0 Å². The first-order chi connectivity index (χ1) is 34.0. The summed E-state index contributed by atoms with van der Waals surface area (Å²) < 4.78 is 22.5. The van der Waals surface area contributed by atoms with Crippen LogP contribution in [0.5, 0.6) is 0 Å². The molecule has 2 fully saturated rings. The Morgan fingerprint density at radius 2 is 0.521 bits per heavy atom. The number of hydrogen-bond acceptors (Lipinski definition) is 2. The van der Waals surface area contributed by atoms with Gasteiger partial charge in [0.15, 0.2) is 0 Å². The molecule has 2 atom stereocenters. The summed E-state index contributed by atoms with van der Waals surface area (Å²) in [7, 11) is 0. The van der Waals surface area contributed by atoms with E-state index in [-0.39, 0.29) is 0 Å². The zero-order chi connectivity index (χ0) is 49.4. The van der Waals surface area contributed by atoms with E-state index in [1.165, 1.54) is 129 Å². The predicted molar refractivity (Wildman–Crippen MR) is 299 cm³/mol. The van der Waals surface area contributed by atoms with Crippen LogP contribution in [-0.2, 0) is 16.0 Å². The molecule has 2 nitrogen and oxygen atoms in total. The second-order valence-electron chi connectivity index (χ2n) is 22.6. The van der Waals surface area contributed by atoms with Gasteiger partial charge in [-0.3, -0.25) is 0 Å². The van der Waals surface area contributed by atoms with Crippen molar-refractivity contribution in [3.63, 3.8) is 0 Å². The molecular weight excluding hydrogens is 982 g/mol. The molecule has 5 aliphatic rings. The molecular formula is C67H64Ge2O2. The Morgan fingerprint density at radius 3 is 0.746 bits per heavy atom. The summed E-state index contributed by atoms with van der Waals surface area (Å²) >= 11 is -8.61. The summed E-state index contributed by atoms with van der Waals surface area (Å²) in [5.74, 6) is 0. The van der Waals surface area contributed by atoms with Crippen molar-refractivity contribution < 1.29 is 7.53 Å². The summed E-state index contributed by atoms with van der Waals surface area (Å²) in [6.07, 6.45) is 5.87. The second-order valence-corrected chi connectivity index (χ2v) is 36.5. The number of hydrogen-bond donors (Lipinski definition) is 0. The minimum absolute atomic E-state index is 0.519. The van der Waals surface area contributed by atoms with E-state index in [4.69, 9.17) is 7.53 Å². The molecule has 8 aromatic rings. The molecule has 2 heterocycles. The van der Waals surface area contributed by atoms with Crippen LogP contribution in [-0.4, -0.2) is 38.4 Å². The Hall–Kier alpha value is -5.49. The number of aryl methyl sites for hydroxylation is 12. The Labute approximate surface area is 427 Å². The van der Waals surface area contributed by atoms with E-state index >= 15 is 0 Å². The number of benzene rings is 8. The van der Waals surface area contributed by atoms with Crippen molar-refractivity contribution in [1.82, 2.24) is 0 Å². The van der Waals surface area contributed by atoms with Gasteiger partial charge in [-0.05, 0) is 0 Å². The minimum atomic E-state index is -4.30. The third-order valence-electron chi connectivity index (χ3n) is 18.2. The van der Waals surface area contributed by atoms with Gasteiger partial charge in [0.25, 0.3) is 0 Å². The van der Waals surface area contributed by atoms with Crippen LogP contribution < -0.4 is 17.6 Å². The van der Waals surface area contributed by atoms with E-state index < -0.39 is 46.9 Å². The SMILES string of the molecule is Cc1cc(C)[c]([Ge]2([c]3c(C)cc(C)cc3C)[O][C@]3(C=C[C@@]4(C3)[O][Ge]([c]3c(C)cc(C)cc3C)([c]3c(C)cc(C)cc3C)[C]43c4ccccc4-c4ccccc43)[C]23c2ccccc2-c2ccccc23)c(C)c1. The molecule has 0 unspecified atom stereocenters. The first-order valence-electron chi connectivity index (χ1n) is 25.9. The topological polar surface area (TPSA) is 18.5 Å². The molecule has 3 aliphatic carbocycles. The van der Waals surface area contributed by atoms with Crippen molar-refractivity contribution in [2.24, 2.45) is 0 Å². The fourth-order valence-electron chi connectivity index (χ4n) is 17.1. The molecule has 0 saturated carbocycles. The molecule has 0 bridgehead atoms. The Bertz CT molecular complexity index is 3160. The van der Waals surface area contributed by atoms with E-state index in [0.29, 0.717) is 6.42 Å². The second kappa shape index (κ2) is 15.0. The van der Waals surface area contributed by atoms with E-state index in [9.17, 15) is 0 Å². The van der Waals surface area contributed by atoms with Crippen LogP contribution >= 0.6 is 0 Å². The molecule has 352 valence electrons. The quantitative estimate of drug-likeness (QED) is 0.129. The van der Waals surface area contributed by atoms with Crippen LogP contribution in [0.2, 0.25) is 0 Å². The molecule has 8 aromatic carbocycles. The molecule has 71 heavy (non-hydrogen) atoms. The Morgan fingerprint density at radius 1 is 0.310 bits per heavy atom. The van der Waals surface area contributed by atoms with Crippen LogP contribution in [0.4, 0.5) is 0 Å². The van der Waals surface area contributed by atoms with Gasteiger partial charge in [0.2, 0.25) is 0 Å². The van der Waals surface area contributed by atoms with E-state index in [1.807, 2.05) is 0 Å². The van der Waals surface area contributed by atoms with Crippen LogP contribution in [0.15, 0.2) is 158 Å². The first-order valence-corrected chi connectivity index (χ1v) is 33.9. The summed E-state index contributed by atoms with van der Waals surface area (Å²) in [4.78, 5) is 0. The van der Waals surface area contributed by atoms with Crippen molar-refractivity contribution in [2.75, 3.05) is 0 Å². The standard InChI is InChI=1S/C67H64Ge2O2/c1-40-31-44(5)60(45(6)32-40)68(61-46(7)33-41(2)34-47(61)8)66(56-25-17-13-21-52(56)53-22-14-18-26-57(53)66)64(70-68)29-30-65(39-64)67(58-27-19-15-23-54(58)55-24-16-20-28-59(55)67)69(71-65,62-48(9)35-42(3)36-49(62)10)63-50(11)37-43(4)38-51(63)12/h13-38H,39H2,1-12H3/t64-,65-/m0/s1. The summed E-state index contributed by atoms with van der Waals surface area (Å²) in [6, 6.07) is 57.3. The van der Waals surface area contributed by atoms with Gasteiger partial charge in [-0.15, -0.1) is 0 Å². The normalized spacial score (nSPS) is 21.6. The molecule has 0 aromatic heterocycles. The van der Waals surface area contributed by atoms with Crippen LogP contribution in [0.3, 0.4) is 0 Å². The van der Waals surface area contributed by atoms with Crippen LogP contribution in [0.1, 0.15) is 95.4 Å². The molecule has 0 amide bonds. The molecule has 4 spiro atoms. The van der Waals surface area contributed by atoms with Gasteiger partial charge in [-0.1, -0.05) is 0 Å². The van der Waals surface area contributed by atoms with Gasteiger partial charge < -0.3 is 0 Å².